The molecule has 1 unspecified atom stereocenters. The summed E-state index contributed by atoms with van der Waals surface area (Å²) >= 11 is 0. The highest BCUT2D eigenvalue weighted by atomic mass is 16.3. The first-order valence-electron chi connectivity index (χ1n) is 11.3. The smallest absolute Gasteiger partial charge is 0.0558 e. The first-order chi connectivity index (χ1) is 12.7. The van der Waals surface area contributed by atoms with Gasteiger partial charge in [0.05, 0.1) is 13.2 Å². The summed E-state index contributed by atoms with van der Waals surface area (Å²) in [6.45, 7) is 7.31. The molecule has 0 aliphatic heterocycles. The molecule has 0 aliphatic carbocycles. The lowest BCUT2D eigenvalue weighted by molar-refractivity contribution is 0.154. The van der Waals surface area contributed by atoms with Crippen molar-refractivity contribution in [3.63, 3.8) is 0 Å². The van der Waals surface area contributed by atoms with Crippen molar-refractivity contribution in [2.24, 2.45) is 5.92 Å². The summed E-state index contributed by atoms with van der Waals surface area (Å²) in [5.74, 6) is 0.734. The lowest BCUT2D eigenvalue weighted by atomic mass is 9.99. The van der Waals surface area contributed by atoms with E-state index in [9.17, 15) is 0 Å². The van der Waals surface area contributed by atoms with Crippen LogP contribution in [-0.2, 0) is 0 Å². The fraction of sp³-hybridized carbons (Fsp3) is 0.913. The second-order valence-electron chi connectivity index (χ2n) is 7.85. The first kappa shape index (κ1) is 25.6. The van der Waals surface area contributed by atoms with Gasteiger partial charge >= 0.3 is 0 Å². The number of rotatable bonds is 20. The second kappa shape index (κ2) is 20.9. The highest BCUT2D eigenvalue weighted by Gasteiger charge is 2.07. The van der Waals surface area contributed by atoms with Crippen molar-refractivity contribution in [1.29, 1.82) is 0 Å². The highest BCUT2D eigenvalue weighted by Crippen LogP contribution is 2.15. The Hall–Kier alpha value is -0.380. The van der Waals surface area contributed by atoms with Gasteiger partial charge in [-0.15, -0.1) is 0 Å². The van der Waals surface area contributed by atoms with Gasteiger partial charge in [0.15, 0.2) is 0 Å². The van der Waals surface area contributed by atoms with Gasteiger partial charge in [-0.05, 0) is 44.6 Å². The normalized spacial score (nSPS) is 13.1. The van der Waals surface area contributed by atoms with Gasteiger partial charge in [-0.1, -0.05) is 77.4 Å². The van der Waals surface area contributed by atoms with Gasteiger partial charge in [-0.2, -0.15) is 0 Å². The van der Waals surface area contributed by atoms with E-state index in [0.29, 0.717) is 13.1 Å². The van der Waals surface area contributed by atoms with E-state index in [-0.39, 0.29) is 13.2 Å². The second-order valence-corrected chi connectivity index (χ2v) is 7.85. The minimum absolute atomic E-state index is 0.181. The minimum Gasteiger partial charge on any atom is -0.395 e. The Morgan fingerprint density at radius 2 is 1.23 bits per heavy atom. The fourth-order valence-corrected chi connectivity index (χ4v) is 3.38. The topological polar surface area (TPSA) is 43.7 Å². The molecular formula is C23H47NO2. The minimum atomic E-state index is 0.181. The van der Waals surface area contributed by atoms with E-state index >= 15 is 0 Å². The maximum absolute atomic E-state index is 9.04. The summed E-state index contributed by atoms with van der Waals surface area (Å²) in [6.07, 6.45) is 22.1. The van der Waals surface area contributed by atoms with Gasteiger partial charge in [0.25, 0.3) is 0 Å². The number of hydrogen-bond donors (Lipinski definition) is 2. The summed E-state index contributed by atoms with van der Waals surface area (Å²) in [5, 5.41) is 18.1. The molecule has 0 aromatic heterocycles. The molecule has 0 radical (unpaired) electrons. The number of nitrogens with zero attached hydrogens (tertiary/aromatic N) is 1. The Morgan fingerprint density at radius 1 is 0.692 bits per heavy atom. The molecule has 0 amide bonds. The van der Waals surface area contributed by atoms with Crippen LogP contribution < -0.4 is 0 Å². The van der Waals surface area contributed by atoms with Crippen molar-refractivity contribution < 1.29 is 10.2 Å². The standard InChI is InChI=1S/C23H47NO2/c1-3-4-5-6-7-8-9-10-11-12-13-14-15-16-23(2)17-18-24(19-21-25)20-22-26/h10-11,23,25-26H,3-9,12-22H2,1-2H3/b11-10-. The van der Waals surface area contributed by atoms with E-state index in [2.05, 4.69) is 30.9 Å². The number of hydrogen-bond acceptors (Lipinski definition) is 3. The van der Waals surface area contributed by atoms with Gasteiger partial charge in [0, 0.05) is 13.1 Å². The van der Waals surface area contributed by atoms with Crippen molar-refractivity contribution in [2.75, 3.05) is 32.8 Å². The van der Waals surface area contributed by atoms with Crippen molar-refractivity contribution in [1.82, 2.24) is 4.90 Å². The molecule has 3 heteroatoms. The molecule has 1 atom stereocenters. The summed E-state index contributed by atoms with van der Waals surface area (Å²) in [5.41, 5.74) is 0. The Bertz CT molecular complexity index is 288. The molecule has 0 heterocycles. The van der Waals surface area contributed by atoms with Crippen LogP contribution in [0.15, 0.2) is 12.2 Å². The molecule has 0 saturated carbocycles. The van der Waals surface area contributed by atoms with E-state index in [0.717, 1.165) is 18.9 Å². The van der Waals surface area contributed by atoms with E-state index in [1.54, 1.807) is 0 Å². The van der Waals surface area contributed by atoms with Crippen LogP contribution in [0.25, 0.3) is 0 Å². The first-order valence-corrected chi connectivity index (χ1v) is 11.3. The molecule has 2 N–H and O–H groups in total. The monoisotopic (exact) mass is 369 g/mol. The molecule has 0 aromatic rings. The number of aliphatic hydroxyl groups excluding tert-OH is 2. The maximum atomic E-state index is 9.04. The Morgan fingerprint density at radius 3 is 1.81 bits per heavy atom. The number of allylic oxidation sites excluding steroid dienone is 2. The zero-order chi connectivity index (χ0) is 19.3. The third-order valence-corrected chi connectivity index (χ3v) is 5.23. The van der Waals surface area contributed by atoms with Gasteiger partial charge in [-0.3, -0.25) is 4.90 Å². The van der Waals surface area contributed by atoms with Crippen LogP contribution in [0.5, 0.6) is 0 Å². The van der Waals surface area contributed by atoms with Crippen molar-refractivity contribution >= 4 is 0 Å². The van der Waals surface area contributed by atoms with Crippen molar-refractivity contribution in [2.45, 2.75) is 97.3 Å². The van der Waals surface area contributed by atoms with Gasteiger partial charge in [0.1, 0.15) is 0 Å². The zero-order valence-corrected chi connectivity index (χ0v) is 17.8. The lowest BCUT2D eigenvalue weighted by Crippen LogP contribution is -2.31. The zero-order valence-electron chi connectivity index (χ0n) is 17.8. The Labute approximate surface area is 163 Å². The van der Waals surface area contributed by atoms with Crippen LogP contribution in [0.1, 0.15) is 97.3 Å². The van der Waals surface area contributed by atoms with E-state index in [4.69, 9.17) is 10.2 Å². The van der Waals surface area contributed by atoms with Gasteiger partial charge < -0.3 is 10.2 Å². The average molecular weight is 370 g/mol. The van der Waals surface area contributed by atoms with Gasteiger partial charge in [-0.25, -0.2) is 0 Å². The highest BCUT2D eigenvalue weighted by molar-refractivity contribution is 4.81. The largest absolute Gasteiger partial charge is 0.395 e. The molecule has 156 valence electrons. The fourth-order valence-electron chi connectivity index (χ4n) is 3.38. The summed E-state index contributed by atoms with van der Waals surface area (Å²) < 4.78 is 0. The van der Waals surface area contributed by atoms with Crippen LogP contribution in [0.4, 0.5) is 0 Å². The molecule has 0 saturated heterocycles. The molecule has 0 spiro atoms. The molecule has 3 nitrogen and oxygen atoms in total. The van der Waals surface area contributed by atoms with Crippen LogP contribution in [-0.4, -0.2) is 48.0 Å². The molecule has 0 rings (SSSR count). The average Bonchev–Trinajstić information content (AvgIpc) is 2.64. The third kappa shape index (κ3) is 18.4. The maximum Gasteiger partial charge on any atom is 0.0558 e. The predicted molar refractivity (Wildman–Crippen MR) is 115 cm³/mol. The number of unbranched alkanes of at least 4 members (excludes halogenated alkanes) is 9. The summed E-state index contributed by atoms with van der Waals surface area (Å²) in [6, 6.07) is 0. The van der Waals surface area contributed by atoms with E-state index < -0.39 is 0 Å². The van der Waals surface area contributed by atoms with Gasteiger partial charge in [0.2, 0.25) is 0 Å². The van der Waals surface area contributed by atoms with Crippen LogP contribution in [0.2, 0.25) is 0 Å². The molecule has 0 fully saturated rings. The van der Waals surface area contributed by atoms with E-state index in [1.807, 2.05) is 0 Å². The molecule has 0 aromatic carbocycles. The summed E-state index contributed by atoms with van der Waals surface area (Å²) in [4.78, 5) is 2.16. The number of aliphatic hydroxyl groups is 2. The van der Waals surface area contributed by atoms with Crippen molar-refractivity contribution in [3.8, 4) is 0 Å². The molecule has 0 aliphatic rings. The van der Waals surface area contributed by atoms with Crippen LogP contribution in [0, 0.1) is 5.92 Å². The molecular weight excluding hydrogens is 322 g/mol. The predicted octanol–water partition coefficient (Wildman–Crippen LogP) is 5.56. The van der Waals surface area contributed by atoms with Crippen molar-refractivity contribution in [3.05, 3.63) is 12.2 Å². The quantitative estimate of drug-likeness (QED) is 0.218. The van der Waals surface area contributed by atoms with Crippen LogP contribution >= 0.6 is 0 Å². The van der Waals surface area contributed by atoms with Crippen LogP contribution in [0.3, 0.4) is 0 Å². The Balaban J connectivity index is 3.41. The van der Waals surface area contributed by atoms with E-state index in [1.165, 1.54) is 77.0 Å². The summed E-state index contributed by atoms with van der Waals surface area (Å²) in [7, 11) is 0. The lowest BCUT2D eigenvalue weighted by Gasteiger charge is -2.22. The third-order valence-electron chi connectivity index (χ3n) is 5.23. The Kier molecular flexibility index (Phi) is 20.6. The molecule has 26 heavy (non-hydrogen) atoms. The SMILES string of the molecule is CCCCCCCC/C=C\CCCCCC(C)CCN(CCO)CCO. The molecule has 0 bridgehead atoms.